The predicted molar refractivity (Wildman–Crippen MR) is 77.6 cm³/mol. The van der Waals surface area contributed by atoms with Crippen molar-refractivity contribution < 1.29 is 14.3 Å². The van der Waals surface area contributed by atoms with Crippen LogP contribution in [0.3, 0.4) is 0 Å². The Morgan fingerprint density at radius 2 is 1.75 bits per heavy atom. The highest BCUT2D eigenvalue weighted by Crippen LogP contribution is 2.26. The fraction of sp³-hybridized carbons (Fsp3) is 0.846. The van der Waals surface area contributed by atoms with Crippen molar-refractivity contribution in [1.29, 1.82) is 0 Å². The average molecular weight is 306 g/mol. The summed E-state index contributed by atoms with van der Waals surface area (Å²) in [5.74, 6) is 0.150. The number of carbonyl (C=O) groups excluding carboxylic acids is 2. The monoisotopic (exact) mass is 305 g/mol. The fourth-order valence-corrected chi connectivity index (χ4v) is 2.92. The van der Waals surface area contributed by atoms with Gasteiger partial charge in [0.25, 0.3) is 0 Å². The molecule has 0 aromatic heterocycles. The molecule has 2 atom stereocenters. The Hall–Kier alpha value is -0.850. The fourth-order valence-electron chi connectivity index (χ4n) is 2.92. The summed E-state index contributed by atoms with van der Waals surface area (Å²) in [4.78, 5) is 27.6. The van der Waals surface area contributed by atoms with E-state index in [0.717, 1.165) is 19.3 Å². The highest BCUT2D eigenvalue weighted by molar-refractivity contribution is 5.85. The number of methoxy groups -OCH3 is 1. The standard InChI is InChI=1S/C13H23N3O3.ClH/c1-19-9-12(17)15-5-7-16(8-6-15)13(18)10-3-2-4-11(10)14;/h10-11H,2-9,14H2,1H3;1H. The number of amides is 2. The number of piperazine rings is 1. The van der Waals surface area contributed by atoms with E-state index in [1.807, 2.05) is 4.90 Å². The zero-order valence-electron chi connectivity index (χ0n) is 11.9. The summed E-state index contributed by atoms with van der Waals surface area (Å²) in [5, 5.41) is 0. The van der Waals surface area contributed by atoms with Gasteiger partial charge in [0.15, 0.2) is 0 Å². The lowest BCUT2D eigenvalue weighted by Crippen LogP contribution is -2.53. The normalized spacial score (nSPS) is 26.3. The molecule has 2 N–H and O–H groups in total. The molecule has 0 aromatic carbocycles. The zero-order valence-corrected chi connectivity index (χ0v) is 12.7. The predicted octanol–water partition coefficient (Wildman–Crippen LogP) is -0.147. The van der Waals surface area contributed by atoms with E-state index in [4.69, 9.17) is 10.5 Å². The molecule has 2 amide bonds. The number of ether oxygens (including phenoxy) is 1. The summed E-state index contributed by atoms with van der Waals surface area (Å²) in [6.45, 7) is 2.52. The second-order valence-corrected chi connectivity index (χ2v) is 5.34. The summed E-state index contributed by atoms with van der Waals surface area (Å²) in [5.41, 5.74) is 5.97. The Bertz CT molecular complexity index is 346. The third kappa shape index (κ3) is 3.84. The molecule has 0 spiro atoms. The van der Waals surface area contributed by atoms with Crippen molar-refractivity contribution in [2.24, 2.45) is 11.7 Å². The van der Waals surface area contributed by atoms with Gasteiger partial charge in [0.2, 0.25) is 11.8 Å². The number of nitrogens with two attached hydrogens (primary N) is 1. The third-order valence-corrected chi connectivity index (χ3v) is 4.10. The molecule has 116 valence electrons. The van der Waals surface area contributed by atoms with E-state index in [0.29, 0.717) is 26.2 Å². The lowest BCUT2D eigenvalue weighted by molar-refractivity contribution is -0.144. The Morgan fingerprint density at radius 1 is 1.15 bits per heavy atom. The van der Waals surface area contributed by atoms with Gasteiger partial charge < -0.3 is 20.3 Å². The molecule has 2 aliphatic rings. The summed E-state index contributed by atoms with van der Waals surface area (Å²) in [6.07, 6.45) is 2.90. The Labute approximate surface area is 126 Å². The molecule has 1 heterocycles. The van der Waals surface area contributed by atoms with Gasteiger partial charge in [0, 0.05) is 39.3 Å². The third-order valence-electron chi connectivity index (χ3n) is 4.10. The van der Waals surface area contributed by atoms with E-state index >= 15 is 0 Å². The largest absolute Gasteiger partial charge is 0.375 e. The maximum atomic E-state index is 12.3. The first-order valence-electron chi connectivity index (χ1n) is 6.94. The molecular weight excluding hydrogens is 282 g/mol. The highest BCUT2D eigenvalue weighted by Gasteiger charge is 2.34. The quantitative estimate of drug-likeness (QED) is 0.787. The van der Waals surface area contributed by atoms with Gasteiger partial charge in [-0.25, -0.2) is 0 Å². The van der Waals surface area contributed by atoms with Crippen LogP contribution in [0.15, 0.2) is 0 Å². The minimum absolute atomic E-state index is 0. The van der Waals surface area contributed by atoms with E-state index in [9.17, 15) is 9.59 Å². The van der Waals surface area contributed by atoms with Gasteiger partial charge in [-0.2, -0.15) is 0 Å². The lowest BCUT2D eigenvalue weighted by atomic mass is 10.0. The van der Waals surface area contributed by atoms with Crippen LogP contribution in [0.1, 0.15) is 19.3 Å². The van der Waals surface area contributed by atoms with Crippen LogP contribution < -0.4 is 5.73 Å². The molecule has 0 aromatic rings. The average Bonchev–Trinajstić information content (AvgIpc) is 2.84. The molecule has 1 aliphatic heterocycles. The molecule has 2 fully saturated rings. The van der Waals surface area contributed by atoms with Gasteiger partial charge in [-0.15, -0.1) is 12.4 Å². The number of rotatable bonds is 3. The molecule has 20 heavy (non-hydrogen) atoms. The van der Waals surface area contributed by atoms with Crippen LogP contribution in [0, 0.1) is 5.92 Å². The molecule has 1 saturated heterocycles. The zero-order chi connectivity index (χ0) is 13.8. The van der Waals surface area contributed by atoms with Crippen LogP contribution in [0.25, 0.3) is 0 Å². The van der Waals surface area contributed by atoms with E-state index in [1.165, 1.54) is 7.11 Å². The maximum Gasteiger partial charge on any atom is 0.248 e. The van der Waals surface area contributed by atoms with Crippen LogP contribution in [0.4, 0.5) is 0 Å². The molecule has 0 bridgehead atoms. The Morgan fingerprint density at radius 3 is 2.25 bits per heavy atom. The van der Waals surface area contributed by atoms with Crippen molar-refractivity contribution in [3.63, 3.8) is 0 Å². The summed E-state index contributed by atoms with van der Waals surface area (Å²) in [7, 11) is 1.51. The number of carbonyl (C=O) groups is 2. The first kappa shape index (κ1) is 17.2. The van der Waals surface area contributed by atoms with Crippen molar-refractivity contribution in [3.8, 4) is 0 Å². The van der Waals surface area contributed by atoms with Crippen LogP contribution in [-0.4, -0.2) is 67.6 Å². The van der Waals surface area contributed by atoms with Crippen molar-refractivity contribution in [2.45, 2.75) is 25.3 Å². The summed E-state index contributed by atoms with van der Waals surface area (Å²) in [6, 6.07) is 0.0145. The first-order valence-corrected chi connectivity index (χ1v) is 6.94. The van der Waals surface area contributed by atoms with Gasteiger partial charge >= 0.3 is 0 Å². The van der Waals surface area contributed by atoms with E-state index in [-0.39, 0.29) is 42.8 Å². The van der Waals surface area contributed by atoms with Crippen LogP contribution >= 0.6 is 12.4 Å². The van der Waals surface area contributed by atoms with Crippen LogP contribution in [-0.2, 0) is 14.3 Å². The van der Waals surface area contributed by atoms with Crippen molar-refractivity contribution in [1.82, 2.24) is 9.80 Å². The maximum absolute atomic E-state index is 12.3. The van der Waals surface area contributed by atoms with Crippen LogP contribution in [0.5, 0.6) is 0 Å². The number of halogens is 1. The van der Waals surface area contributed by atoms with Gasteiger partial charge in [0.05, 0.1) is 5.92 Å². The second-order valence-electron chi connectivity index (χ2n) is 5.34. The van der Waals surface area contributed by atoms with E-state index in [2.05, 4.69) is 0 Å². The summed E-state index contributed by atoms with van der Waals surface area (Å²) >= 11 is 0. The van der Waals surface area contributed by atoms with Gasteiger partial charge in [-0.3, -0.25) is 9.59 Å². The number of hydrogen-bond acceptors (Lipinski definition) is 4. The second kappa shape index (κ2) is 7.81. The number of nitrogens with zero attached hydrogens (tertiary/aromatic N) is 2. The van der Waals surface area contributed by atoms with E-state index < -0.39 is 0 Å². The highest BCUT2D eigenvalue weighted by atomic mass is 35.5. The Balaban J connectivity index is 0.00000200. The smallest absolute Gasteiger partial charge is 0.248 e. The molecule has 1 saturated carbocycles. The Kier molecular flexibility index (Phi) is 6.71. The molecule has 2 rings (SSSR count). The minimum atomic E-state index is -0.0128. The molecular formula is C13H24ClN3O3. The molecule has 0 radical (unpaired) electrons. The number of hydrogen-bond donors (Lipinski definition) is 1. The van der Waals surface area contributed by atoms with Gasteiger partial charge in [0.1, 0.15) is 6.61 Å². The van der Waals surface area contributed by atoms with Gasteiger partial charge in [-0.05, 0) is 12.8 Å². The minimum Gasteiger partial charge on any atom is -0.375 e. The molecule has 7 heteroatoms. The van der Waals surface area contributed by atoms with Crippen molar-refractivity contribution >= 4 is 24.2 Å². The lowest BCUT2D eigenvalue weighted by Gasteiger charge is -2.36. The SMILES string of the molecule is COCC(=O)N1CCN(C(=O)C2CCCC2N)CC1.Cl. The van der Waals surface area contributed by atoms with Gasteiger partial charge in [-0.1, -0.05) is 6.42 Å². The van der Waals surface area contributed by atoms with Crippen LogP contribution in [0.2, 0.25) is 0 Å². The topological polar surface area (TPSA) is 75.9 Å². The summed E-state index contributed by atoms with van der Waals surface area (Å²) < 4.78 is 4.84. The van der Waals surface area contributed by atoms with Crippen molar-refractivity contribution in [2.75, 3.05) is 39.9 Å². The van der Waals surface area contributed by atoms with E-state index in [1.54, 1.807) is 4.90 Å². The molecule has 6 nitrogen and oxygen atoms in total. The first-order chi connectivity index (χ1) is 9.13. The molecule has 2 unspecified atom stereocenters. The molecule has 1 aliphatic carbocycles. The van der Waals surface area contributed by atoms with Crippen molar-refractivity contribution in [3.05, 3.63) is 0 Å².